The van der Waals surface area contributed by atoms with Crippen molar-refractivity contribution in [2.75, 3.05) is 13.7 Å². The Hall–Kier alpha value is -0.0800. The van der Waals surface area contributed by atoms with Crippen molar-refractivity contribution in [1.82, 2.24) is 5.32 Å². The minimum Gasteiger partial charge on any atom is -0.380 e. The van der Waals surface area contributed by atoms with Gasteiger partial charge < -0.3 is 10.1 Å². The number of methoxy groups -OCH3 is 1. The van der Waals surface area contributed by atoms with Crippen LogP contribution in [0.15, 0.2) is 0 Å². The molecule has 1 N–H and O–H groups in total. The van der Waals surface area contributed by atoms with Gasteiger partial charge in [-0.15, -0.1) is 0 Å². The molecule has 0 aromatic heterocycles. The van der Waals surface area contributed by atoms with Crippen LogP contribution in [0.5, 0.6) is 0 Å². The second kappa shape index (κ2) is 3.18. The molecule has 9 heavy (non-hydrogen) atoms. The fraction of sp³-hybridized carbons (Fsp3) is 1.00. The topological polar surface area (TPSA) is 21.3 Å². The van der Waals surface area contributed by atoms with Gasteiger partial charge in [0.2, 0.25) is 0 Å². The van der Waals surface area contributed by atoms with E-state index in [-0.39, 0.29) is 0 Å². The van der Waals surface area contributed by atoms with Gasteiger partial charge in [-0.2, -0.15) is 0 Å². The Bertz CT molecular complexity index is 85.0. The molecule has 1 rings (SSSR count). The summed E-state index contributed by atoms with van der Waals surface area (Å²) in [4.78, 5) is 0. The number of rotatable bonds is 1. The summed E-state index contributed by atoms with van der Waals surface area (Å²) in [5.41, 5.74) is 0. The molecule has 1 fully saturated rings. The number of piperidine rings is 1. The summed E-state index contributed by atoms with van der Waals surface area (Å²) in [6.45, 7) is 3.33. The van der Waals surface area contributed by atoms with Crippen LogP contribution >= 0.6 is 0 Å². The van der Waals surface area contributed by atoms with E-state index in [4.69, 9.17) is 4.74 Å². The lowest BCUT2D eigenvalue weighted by molar-refractivity contribution is 0.0514. The summed E-state index contributed by atoms with van der Waals surface area (Å²) in [6.07, 6.45) is 2.91. The molecule has 0 amide bonds. The maximum absolute atomic E-state index is 5.24. The molecule has 1 aliphatic rings. The van der Waals surface area contributed by atoms with Crippen molar-refractivity contribution in [1.29, 1.82) is 0 Å². The summed E-state index contributed by atoms with van der Waals surface area (Å²) in [7, 11) is 1.79. The van der Waals surface area contributed by atoms with Crippen molar-refractivity contribution in [2.45, 2.75) is 31.9 Å². The molecule has 0 aromatic carbocycles. The van der Waals surface area contributed by atoms with Crippen LogP contribution in [-0.2, 0) is 4.74 Å². The Morgan fingerprint density at radius 1 is 1.56 bits per heavy atom. The molecule has 1 saturated heterocycles. The van der Waals surface area contributed by atoms with Gasteiger partial charge in [0.25, 0.3) is 0 Å². The lowest BCUT2D eigenvalue weighted by Crippen LogP contribution is -2.43. The second-order valence-corrected chi connectivity index (χ2v) is 2.66. The molecule has 0 unspecified atom stereocenters. The average molecular weight is 129 g/mol. The Labute approximate surface area is 56.6 Å². The van der Waals surface area contributed by atoms with Gasteiger partial charge in [-0.1, -0.05) is 0 Å². The maximum Gasteiger partial charge on any atom is 0.0722 e. The molecular weight excluding hydrogens is 114 g/mol. The van der Waals surface area contributed by atoms with Gasteiger partial charge in [-0.3, -0.25) is 0 Å². The van der Waals surface area contributed by atoms with Crippen LogP contribution in [0.2, 0.25) is 0 Å². The van der Waals surface area contributed by atoms with E-state index < -0.39 is 0 Å². The monoisotopic (exact) mass is 129 g/mol. The summed E-state index contributed by atoms with van der Waals surface area (Å²) < 4.78 is 5.24. The summed E-state index contributed by atoms with van der Waals surface area (Å²) in [5.74, 6) is 0. The summed E-state index contributed by atoms with van der Waals surface area (Å²) in [6, 6.07) is 0.545. The summed E-state index contributed by atoms with van der Waals surface area (Å²) >= 11 is 0. The van der Waals surface area contributed by atoms with Crippen LogP contribution < -0.4 is 5.32 Å². The molecular formula is C7H15NO. The highest BCUT2D eigenvalue weighted by Gasteiger charge is 2.19. The van der Waals surface area contributed by atoms with Gasteiger partial charge in [0.15, 0.2) is 0 Å². The highest BCUT2D eigenvalue weighted by atomic mass is 16.5. The van der Waals surface area contributed by atoms with E-state index >= 15 is 0 Å². The first kappa shape index (κ1) is 7.03. The lowest BCUT2D eigenvalue weighted by atomic mass is 10.0. The highest BCUT2D eigenvalue weighted by molar-refractivity contribution is 4.77. The predicted octanol–water partition coefficient (Wildman–Crippen LogP) is 0.773. The van der Waals surface area contributed by atoms with Crippen LogP contribution in [0.25, 0.3) is 0 Å². The number of nitrogens with one attached hydrogen (secondary N) is 1. The van der Waals surface area contributed by atoms with Crippen LogP contribution in [0.3, 0.4) is 0 Å². The third-order valence-corrected chi connectivity index (χ3v) is 1.99. The molecule has 2 nitrogen and oxygen atoms in total. The average Bonchev–Trinajstić information content (AvgIpc) is 1.89. The predicted molar refractivity (Wildman–Crippen MR) is 37.5 cm³/mol. The van der Waals surface area contributed by atoms with Gasteiger partial charge in [-0.25, -0.2) is 0 Å². The van der Waals surface area contributed by atoms with Gasteiger partial charge in [-0.05, 0) is 26.3 Å². The van der Waals surface area contributed by atoms with Crippen LogP contribution in [0, 0.1) is 0 Å². The highest BCUT2D eigenvalue weighted by Crippen LogP contribution is 2.10. The van der Waals surface area contributed by atoms with E-state index in [1.807, 2.05) is 0 Å². The number of ether oxygens (including phenoxy) is 1. The molecule has 0 aliphatic carbocycles. The Morgan fingerprint density at radius 2 is 2.33 bits per heavy atom. The van der Waals surface area contributed by atoms with E-state index in [1.54, 1.807) is 7.11 Å². The molecule has 2 heteroatoms. The SMILES string of the molecule is CO[C@H]1CCCN[C@H]1C. The molecule has 54 valence electrons. The zero-order chi connectivity index (χ0) is 6.69. The van der Waals surface area contributed by atoms with Gasteiger partial charge in [0, 0.05) is 13.2 Å². The Balaban J connectivity index is 2.30. The molecule has 0 spiro atoms. The van der Waals surface area contributed by atoms with E-state index in [0.29, 0.717) is 12.1 Å². The molecule has 1 aliphatic heterocycles. The van der Waals surface area contributed by atoms with Crippen LogP contribution in [0.4, 0.5) is 0 Å². The first-order chi connectivity index (χ1) is 4.34. The quantitative estimate of drug-likeness (QED) is 0.564. The van der Waals surface area contributed by atoms with E-state index in [1.165, 1.54) is 12.8 Å². The molecule has 0 radical (unpaired) electrons. The summed E-state index contributed by atoms with van der Waals surface area (Å²) in [5, 5.41) is 3.36. The minimum absolute atomic E-state index is 0.443. The third-order valence-electron chi connectivity index (χ3n) is 1.99. The maximum atomic E-state index is 5.24. The molecule has 0 bridgehead atoms. The normalized spacial score (nSPS) is 36.7. The smallest absolute Gasteiger partial charge is 0.0722 e. The first-order valence-electron chi connectivity index (χ1n) is 3.61. The van der Waals surface area contributed by atoms with E-state index in [9.17, 15) is 0 Å². The van der Waals surface area contributed by atoms with E-state index in [0.717, 1.165) is 6.54 Å². The fourth-order valence-corrected chi connectivity index (χ4v) is 1.34. The molecule has 0 saturated carbocycles. The van der Waals surface area contributed by atoms with Crippen LogP contribution in [-0.4, -0.2) is 25.8 Å². The standard InChI is InChI=1S/C7H15NO/c1-6-7(9-2)4-3-5-8-6/h6-8H,3-5H2,1-2H3/t6-,7-/m0/s1. The van der Waals surface area contributed by atoms with Gasteiger partial charge in [0.05, 0.1) is 6.10 Å². The van der Waals surface area contributed by atoms with Crippen molar-refractivity contribution in [3.63, 3.8) is 0 Å². The minimum atomic E-state index is 0.443. The van der Waals surface area contributed by atoms with Crippen molar-refractivity contribution >= 4 is 0 Å². The Kier molecular flexibility index (Phi) is 2.49. The van der Waals surface area contributed by atoms with Crippen molar-refractivity contribution < 1.29 is 4.74 Å². The van der Waals surface area contributed by atoms with Gasteiger partial charge >= 0.3 is 0 Å². The zero-order valence-electron chi connectivity index (χ0n) is 6.18. The molecule has 0 aromatic rings. The van der Waals surface area contributed by atoms with Crippen molar-refractivity contribution in [3.05, 3.63) is 0 Å². The van der Waals surface area contributed by atoms with Crippen molar-refractivity contribution in [3.8, 4) is 0 Å². The molecule has 2 atom stereocenters. The first-order valence-corrected chi connectivity index (χ1v) is 3.61. The van der Waals surface area contributed by atoms with E-state index in [2.05, 4.69) is 12.2 Å². The Morgan fingerprint density at radius 3 is 2.78 bits per heavy atom. The largest absolute Gasteiger partial charge is 0.380 e. The number of hydrogen-bond acceptors (Lipinski definition) is 2. The second-order valence-electron chi connectivity index (χ2n) is 2.66. The zero-order valence-corrected chi connectivity index (χ0v) is 6.18. The fourth-order valence-electron chi connectivity index (χ4n) is 1.34. The van der Waals surface area contributed by atoms with Gasteiger partial charge in [0.1, 0.15) is 0 Å². The van der Waals surface area contributed by atoms with Crippen molar-refractivity contribution in [2.24, 2.45) is 0 Å². The van der Waals surface area contributed by atoms with Crippen LogP contribution in [0.1, 0.15) is 19.8 Å². The number of hydrogen-bond donors (Lipinski definition) is 1. The lowest BCUT2D eigenvalue weighted by Gasteiger charge is -2.28. The molecule has 1 heterocycles. The third kappa shape index (κ3) is 1.66.